The fourth-order valence-electron chi connectivity index (χ4n) is 2.08. The summed E-state index contributed by atoms with van der Waals surface area (Å²) in [4.78, 5) is 10.3. The molecule has 0 amide bonds. The summed E-state index contributed by atoms with van der Waals surface area (Å²) in [6.45, 7) is 2.13. The van der Waals surface area contributed by atoms with Crippen molar-refractivity contribution in [3.8, 4) is 0 Å². The minimum absolute atomic E-state index is 0.191. The Morgan fingerprint density at radius 3 is 1.92 bits per heavy atom. The van der Waals surface area contributed by atoms with Gasteiger partial charge in [-0.25, -0.2) is 0 Å². The molecule has 0 aromatic carbocycles. The molecular weight excluding hydrogens is 312 g/mol. The third-order valence-electron chi connectivity index (χ3n) is 3.49. The molecule has 1 unspecified atom stereocenters. The van der Waals surface area contributed by atoms with Crippen molar-refractivity contribution in [2.24, 2.45) is 0 Å². The minimum Gasteiger partial charge on any atom is -0.481 e. The van der Waals surface area contributed by atoms with Gasteiger partial charge >= 0.3 is 5.97 Å². The molecule has 0 aliphatic rings. The maximum atomic E-state index is 10.3. The van der Waals surface area contributed by atoms with Gasteiger partial charge in [-0.3, -0.25) is 4.79 Å². The molecule has 0 radical (unpaired) electrons. The largest absolute Gasteiger partial charge is 0.481 e. The lowest BCUT2D eigenvalue weighted by atomic mass is 10.1. The highest BCUT2D eigenvalue weighted by molar-refractivity contribution is 5.66. The first kappa shape index (κ1) is 23.1. The molecule has 0 aliphatic carbocycles. The van der Waals surface area contributed by atoms with E-state index in [1.165, 1.54) is 0 Å². The van der Waals surface area contributed by atoms with E-state index in [-0.39, 0.29) is 12.5 Å². The molecule has 0 fully saturated rings. The molecule has 140 valence electrons. The van der Waals surface area contributed by atoms with Gasteiger partial charge in [-0.15, -0.1) is 0 Å². The van der Waals surface area contributed by atoms with Crippen molar-refractivity contribution in [1.82, 2.24) is 0 Å². The van der Waals surface area contributed by atoms with E-state index >= 15 is 0 Å². The van der Waals surface area contributed by atoms with E-state index < -0.39 is 5.97 Å². The van der Waals surface area contributed by atoms with Crippen molar-refractivity contribution in [3.63, 3.8) is 0 Å². The highest BCUT2D eigenvalue weighted by Crippen LogP contribution is 2.05. The topological polar surface area (TPSA) is 57.5 Å². The van der Waals surface area contributed by atoms with Gasteiger partial charge in [0, 0.05) is 6.42 Å². The van der Waals surface area contributed by atoms with Gasteiger partial charge in [-0.2, -0.15) is 0 Å². The van der Waals surface area contributed by atoms with E-state index in [0.717, 1.165) is 38.5 Å². The Morgan fingerprint density at radius 1 is 0.800 bits per heavy atom. The monoisotopic (exact) mass is 346 g/mol. The van der Waals surface area contributed by atoms with Gasteiger partial charge < -0.3 is 10.2 Å². The van der Waals surface area contributed by atoms with Gasteiger partial charge in [-0.1, -0.05) is 67.7 Å². The Morgan fingerprint density at radius 2 is 1.32 bits per heavy atom. The molecule has 0 aliphatic heterocycles. The van der Waals surface area contributed by atoms with Crippen LogP contribution in [-0.2, 0) is 4.79 Å². The summed E-state index contributed by atoms with van der Waals surface area (Å²) in [7, 11) is 0. The first-order valence-electron chi connectivity index (χ1n) is 9.31. The standard InChI is InChI=1S/C22H34O3/c1-2-3-4-5-9-12-15-18-21(23)19-16-13-10-7-6-8-11-14-17-20-22(24)25/h3-4,6-7,9,11-14,16,21,23H,2,5,8,10,15,17-20H2,1H3,(H,24,25)/b4-3-,7-6-,12-9-,14-11-,16-13-. The normalized spacial score (nSPS) is 14.0. The number of aliphatic carboxylic acids is 1. The number of allylic oxidation sites excluding steroid dienone is 9. The lowest BCUT2D eigenvalue weighted by molar-refractivity contribution is -0.136. The molecule has 0 spiro atoms. The van der Waals surface area contributed by atoms with Crippen LogP contribution in [0.5, 0.6) is 0 Å². The van der Waals surface area contributed by atoms with Crippen LogP contribution < -0.4 is 0 Å². The summed E-state index contributed by atoms with van der Waals surface area (Å²) >= 11 is 0. The lowest BCUT2D eigenvalue weighted by Gasteiger charge is -2.04. The van der Waals surface area contributed by atoms with E-state index in [2.05, 4.69) is 49.5 Å². The van der Waals surface area contributed by atoms with Gasteiger partial charge in [0.15, 0.2) is 0 Å². The Labute approximate surface area is 153 Å². The van der Waals surface area contributed by atoms with E-state index in [1.54, 1.807) is 0 Å². The molecule has 0 bridgehead atoms. The summed E-state index contributed by atoms with van der Waals surface area (Å²) in [5, 5.41) is 18.4. The van der Waals surface area contributed by atoms with Crippen LogP contribution in [0.2, 0.25) is 0 Å². The predicted molar refractivity (Wildman–Crippen MR) is 107 cm³/mol. The lowest BCUT2D eigenvalue weighted by Crippen LogP contribution is -2.03. The quantitative estimate of drug-likeness (QED) is 0.372. The molecule has 3 heteroatoms. The molecule has 0 aromatic rings. The van der Waals surface area contributed by atoms with Crippen molar-refractivity contribution in [3.05, 3.63) is 60.8 Å². The Kier molecular flexibility index (Phi) is 17.1. The minimum atomic E-state index is -0.757. The number of carbonyl (C=O) groups is 1. The van der Waals surface area contributed by atoms with Crippen LogP contribution in [0.3, 0.4) is 0 Å². The molecule has 0 aromatic heterocycles. The maximum Gasteiger partial charge on any atom is 0.303 e. The Bertz CT molecular complexity index is 456. The molecule has 0 heterocycles. The molecule has 1 atom stereocenters. The number of aliphatic hydroxyl groups excluding tert-OH is 1. The summed E-state index contributed by atoms with van der Waals surface area (Å²) in [5.41, 5.74) is 0. The third-order valence-corrected chi connectivity index (χ3v) is 3.49. The average molecular weight is 347 g/mol. The van der Waals surface area contributed by atoms with Crippen LogP contribution in [-0.4, -0.2) is 22.3 Å². The van der Waals surface area contributed by atoms with Crippen LogP contribution in [0.1, 0.15) is 64.7 Å². The van der Waals surface area contributed by atoms with E-state index in [4.69, 9.17) is 5.11 Å². The number of hydrogen-bond donors (Lipinski definition) is 2. The van der Waals surface area contributed by atoms with E-state index in [0.29, 0.717) is 12.8 Å². The molecule has 25 heavy (non-hydrogen) atoms. The van der Waals surface area contributed by atoms with Gasteiger partial charge in [0.1, 0.15) is 0 Å². The summed E-state index contributed by atoms with van der Waals surface area (Å²) in [6.07, 6.45) is 27.4. The van der Waals surface area contributed by atoms with Gasteiger partial charge in [0.25, 0.3) is 0 Å². The van der Waals surface area contributed by atoms with Crippen LogP contribution in [0.25, 0.3) is 0 Å². The van der Waals surface area contributed by atoms with E-state index in [1.807, 2.05) is 18.2 Å². The van der Waals surface area contributed by atoms with Gasteiger partial charge in [0.05, 0.1) is 6.10 Å². The number of carboxylic acids is 1. The van der Waals surface area contributed by atoms with Crippen molar-refractivity contribution in [2.45, 2.75) is 70.8 Å². The molecule has 2 N–H and O–H groups in total. The van der Waals surface area contributed by atoms with Crippen LogP contribution in [0.15, 0.2) is 60.8 Å². The van der Waals surface area contributed by atoms with Crippen molar-refractivity contribution in [1.29, 1.82) is 0 Å². The smallest absolute Gasteiger partial charge is 0.303 e. The first-order valence-corrected chi connectivity index (χ1v) is 9.31. The van der Waals surface area contributed by atoms with Crippen molar-refractivity contribution >= 4 is 5.97 Å². The van der Waals surface area contributed by atoms with Crippen molar-refractivity contribution < 1.29 is 15.0 Å². The highest BCUT2D eigenvalue weighted by atomic mass is 16.4. The second-order valence-corrected chi connectivity index (χ2v) is 5.87. The van der Waals surface area contributed by atoms with Crippen LogP contribution in [0.4, 0.5) is 0 Å². The fourth-order valence-corrected chi connectivity index (χ4v) is 2.08. The molecule has 0 saturated heterocycles. The number of hydrogen-bond acceptors (Lipinski definition) is 2. The number of carboxylic acid groups (broad SMARTS) is 1. The fraction of sp³-hybridized carbons (Fsp3) is 0.500. The first-order chi connectivity index (χ1) is 12.2. The second-order valence-electron chi connectivity index (χ2n) is 5.87. The zero-order valence-corrected chi connectivity index (χ0v) is 15.5. The molecular formula is C22H34O3. The SMILES string of the molecule is CC/C=C\C/C=C\CCC(O)C/C=C\C/C=C\C/C=C\CCC(=O)O. The molecule has 0 saturated carbocycles. The second kappa shape index (κ2) is 18.5. The highest BCUT2D eigenvalue weighted by Gasteiger charge is 1.98. The zero-order chi connectivity index (χ0) is 18.6. The summed E-state index contributed by atoms with van der Waals surface area (Å²) in [6, 6.07) is 0. The third kappa shape index (κ3) is 20.1. The number of rotatable bonds is 15. The number of aliphatic hydroxyl groups is 1. The van der Waals surface area contributed by atoms with Gasteiger partial charge in [0.2, 0.25) is 0 Å². The average Bonchev–Trinajstić information content (AvgIpc) is 2.58. The predicted octanol–water partition coefficient (Wildman–Crippen LogP) is 5.74. The summed E-state index contributed by atoms with van der Waals surface area (Å²) in [5.74, 6) is -0.757. The molecule has 0 rings (SSSR count). The summed E-state index contributed by atoms with van der Waals surface area (Å²) < 4.78 is 0. The zero-order valence-electron chi connectivity index (χ0n) is 15.5. The Hall–Kier alpha value is -1.87. The van der Waals surface area contributed by atoms with Crippen molar-refractivity contribution in [2.75, 3.05) is 0 Å². The van der Waals surface area contributed by atoms with Crippen LogP contribution in [0, 0.1) is 0 Å². The van der Waals surface area contributed by atoms with E-state index in [9.17, 15) is 9.90 Å². The molecule has 3 nitrogen and oxygen atoms in total. The van der Waals surface area contributed by atoms with Gasteiger partial charge in [-0.05, 0) is 51.4 Å². The maximum absolute atomic E-state index is 10.3. The van der Waals surface area contributed by atoms with Crippen LogP contribution >= 0.6 is 0 Å². The Balaban J connectivity index is 3.58.